The zero-order chi connectivity index (χ0) is 33.3. The molecule has 1 heterocycles. The van der Waals surface area contributed by atoms with Gasteiger partial charge in [-0.25, -0.2) is 0 Å². The molecule has 0 spiro atoms. The van der Waals surface area contributed by atoms with Crippen LogP contribution in [0.15, 0.2) is 152 Å². The second-order valence-corrected chi connectivity index (χ2v) is 9.63. The van der Waals surface area contributed by atoms with Crippen LogP contribution in [0, 0.1) is 0 Å². The largest absolute Gasteiger partial charge is 0.485 e. The van der Waals surface area contributed by atoms with Gasteiger partial charge in [0, 0.05) is 11.5 Å². The quantitative estimate of drug-likeness (QED) is 0.234. The third kappa shape index (κ3) is 5.45. The summed E-state index contributed by atoms with van der Waals surface area (Å²) in [5, 5.41) is 0. The van der Waals surface area contributed by atoms with Crippen LogP contribution in [0.3, 0.4) is 0 Å². The lowest BCUT2D eigenvalue weighted by atomic mass is 9.77. The van der Waals surface area contributed by atoms with Crippen molar-refractivity contribution in [3.8, 4) is 16.9 Å². The van der Waals surface area contributed by atoms with E-state index in [1.165, 1.54) is 6.08 Å². The summed E-state index contributed by atoms with van der Waals surface area (Å²) in [6.07, 6.45) is 8.23. The fourth-order valence-electron chi connectivity index (χ4n) is 5.23. The lowest BCUT2D eigenvalue weighted by molar-refractivity contribution is 0.268. The topological polar surface area (TPSA) is 9.23 Å². The maximum absolute atomic E-state index is 9.15. The number of hydrogen-bond donors (Lipinski definition) is 0. The Hall–Kier alpha value is -4.36. The zero-order valence-electron chi connectivity index (χ0n) is 29.3. The maximum atomic E-state index is 9.15. The Morgan fingerprint density at radius 3 is 2.64 bits per heavy atom. The first kappa shape index (κ1) is 18.8. The molecule has 0 radical (unpaired) electrons. The molecule has 1 aliphatic carbocycles. The molecular formula is C38H36O. The van der Waals surface area contributed by atoms with E-state index in [1.54, 1.807) is 12.1 Å². The van der Waals surface area contributed by atoms with Crippen LogP contribution in [0.1, 0.15) is 58.4 Å². The van der Waals surface area contributed by atoms with Crippen LogP contribution in [0.25, 0.3) is 16.7 Å². The van der Waals surface area contributed by atoms with E-state index in [-0.39, 0.29) is 42.7 Å². The van der Waals surface area contributed by atoms with Crippen LogP contribution < -0.4 is 4.74 Å². The van der Waals surface area contributed by atoms with Crippen molar-refractivity contribution >= 4 is 5.57 Å². The Kier molecular flexibility index (Phi) is 5.79. The van der Waals surface area contributed by atoms with E-state index in [2.05, 4.69) is 13.2 Å². The maximum Gasteiger partial charge on any atom is 0.128 e. The van der Waals surface area contributed by atoms with Crippen molar-refractivity contribution in [2.24, 2.45) is 0 Å². The second kappa shape index (κ2) is 12.0. The summed E-state index contributed by atoms with van der Waals surface area (Å²) in [6.45, 7) is 12.3. The van der Waals surface area contributed by atoms with Crippen molar-refractivity contribution in [3.05, 3.63) is 168 Å². The van der Waals surface area contributed by atoms with E-state index in [1.807, 2.05) is 80.6 Å². The van der Waals surface area contributed by atoms with E-state index in [9.17, 15) is 0 Å². The Balaban J connectivity index is 1.78. The fraction of sp³-hybridized carbons (Fsp3) is 0.158. The molecule has 3 atom stereocenters. The van der Waals surface area contributed by atoms with Crippen molar-refractivity contribution in [3.63, 3.8) is 0 Å². The number of benzene rings is 3. The molecule has 0 amide bonds. The lowest BCUT2D eigenvalue weighted by Crippen LogP contribution is -2.18. The van der Waals surface area contributed by atoms with Gasteiger partial charge in [0.2, 0.25) is 0 Å². The monoisotopic (exact) mass is 515 g/mol. The smallest absolute Gasteiger partial charge is 0.128 e. The van der Waals surface area contributed by atoms with Gasteiger partial charge in [0.05, 0.1) is 15.5 Å². The molecule has 1 heteroatoms. The number of ether oxygens (including phenoxy) is 1. The third-order valence-corrected chi connectivity index (χ3v) is 7.27. The van der Waals surface area contributed by atoms with Gasteiger partial charge in [0.1, 0.15) is 11.9 Å². The van der Waals surface area contributed by atoms with Gasteiger partial charge in [-0.2, -0.15) is 0 Å². The number of fused-ring (bicyclic) bond motifs is 2. The molecule has 1 aliphatic heterocycles. The molecule has 1 nitrogen and oxygen atoms in total. The van der Waals surface area contributed by atoms with Gasteiger partial charge < -0.3 is 4.74 Å². The molecule has 39 heavy (non-hydrogen) atoms. The van der Waals surface area contributed by atoms with Gasteiger partial charge >= 0.3 is 0 Å². The summed E-state index contributed by atoms with van der Waals surface area (Å²) < 4.78 is 67.4. The van der Waals surface area contributed by atoms with Crippen molar-refractivity contribution in [2.75, 3.05) is 0 Å². The van der Waals surface area contributed by atoms with Crippen molar-refractivity contribution < 1.29 is 14.3 Å². The van der Waals surface area contributed by atoms with E-state index < -0.39 is 24.0 Å². The fourth-order valence-corrected chi connectivity index (χ4v) is 5.23. The van der Waals surface area contributed by atoms with Gasteiger partial charge in [0.25, 0.3) is 0 Å². The molecule has 3 unspecified atom stereocenters. The Labute approximate surface area is 243 Å². The summed E-state index contributed by atoms with van der Waals surface area (Å²) in [5.74, 6) is -0.353. The summed E-state index contributed by atoms with van der Waals surface area (Å²) in [7, 11) is 0. The number of hydrogen-bond acceptors (Lipinski definition) is 1. The standard InChI is InChI=1S/C38H36O/c1-5-7-17-27(3)31-20-13-8-9-14-21-32(34-23-16-15-22-33(31)34)28(4)38-35-25-24-30(29-18-11-10-12-19-29)26-37(35)39-36(38)6-2/h5-19,21-26,31,36,38H,2,4,20H2,1,3H3/b7-5-,13-8-,14-9-,27-17+,32-21+/i8D,9D,13D,14D,15D,16D,23D. The molecule has 5 rings (SSSR count). The Bertz CT molecular complexity index is 1880. The first-order valence-electron chi connectivity index (χ1n) is 16.6. The minimum Gasteiger partial charge on any atom is -0.485 e. The Morgan fingerprint density at radius 1 is 1.00 bits per heavy atom. The van der Waals surface area contributed by atoms with Crippen molar-refractivity contribution in [1.82, 2.24) is 0 Å². The van der Waals surface area contributed by atoms with Gasteiger partial charge in [-0.05, 0) is 59.7 Å². The second-order valence-electron chi connectivity index (χ2n) is 9.63. The summed E-state index contributed by atoms with van der Waals surface area (Å²) in [4.78, 5) is 0. The molecule has 3 aromatic rings. The number of rotatable bonds is 6. The van der Waals surface area contributed by atoms with Gasteiger partial charge in [-0.1, -0.05) is 140 Å². The van der Waals surface area contributed by atoms with Crippen LogP contribution in [-0.2, 0) is 0 Å². The molecule has 194 valence electrons. The normalized spacial score (nSPS) is 29.2. The average molecular weight is 516 g/mol. The SMILES string of the molecule is [2H]C1=C([2H])/C([2H])=C(/[2H])CC(/C(C)=C/C=C\C)c2cc([2H])c([2H])c([2H])c2\C(C(=C)C2c3ccc(-c4ccccc4)cc3OC2C=C)=C\1. The summed E-state index contributed by atoms with van der Waals surface area (Å²) >= 11 is 0. The average Bonchev–Trinajstić information content (AvgIpc) is 3.44. The molecule has 0 fully saturated rings. The number of allylic oxidation sites excluding steroid dienone is 10. The predicted molar refractivity (Wildman–Crippen MR) is 167 cm³/mol. The first-order chi connectivity index (χ1) is 22.0. The first-order valence-corrected chi connectivity index (χ1v) is 13.1. The highest BCUT2D eigenvalue weighted by atomic mass is 16.5. The van der Waals surface area contributed by atoms with Crippen LogP contribution in [0.4, 0.5) is 0 Å². The van der Waals surface area contributed by atoms with E-state index in [0.717, 1.165) is 22.3 Å². The molecule has 2 aliphatic rings. The molecule has 0 N–H and O–H groups in total. The van der Waals surface area contributed by atoms with E-state index >= 15 is 0 Å². The molecule has 3 aromatic carbocycles. The van der Waals surface area contributed by atoms with E-state index in [0.29, 0.717) is 28.0 Å². The van der Waals surface area contributed by atoms with Gasteiger partial charge in [0.15, 0.2) is 0 Å². The minimum absolute atomic E-state index is 0.0181. The van der Waals surface area contributed by atoms with Crippen LogP contribution >= 0.6 is 0 Å². The molecule has 0 bridgehead atoms. The van der Waals surface area contributed by atoms with E-state index in [4.69, 9.17) is 14.3 Å². The summed E-state index contributed by atoms with van der Waals surface area (Å²) in [5.41, 5.74) is 5.40. The highest BCUT2D eigenvalue weighted by Crippen LogP contribution is 2.48. The zero-order valence-corrected chi connectivity index (χ0v) is 22.3. The van der Waals surface area contributed by atoms with Gasteiger partial charge in [-0.15, -0.1) is 0 Å². The predicted octanol–water partition coefficient (Wildman–Crippen LogP) is 10.1. The highest BCUT2D eigenvalue weighted by Gasteiger charge is 2.36. The van der Waals surface area contributed by atoms with Crippen molar-refractivity contribution in [1.29, 1.82) is 0 Å². The van der Waals surface area contributed by atoms with Crippen LogP contribution in [-0.4, -0.2) is 6.10 Å². The Morgan fingerprint density at radius 2 is 1.85 bits per heavy atom. The lowest BCUT2D eigenvalue weighted by Gasteiger charge is -2.26. The van der Waals surface area contributed by atoms with Gasteiger partial charge in [-0.3, -0.25) is 0 Å². The summed E-state index contributed by atoms with van der Waals surface area (Å²) in [6, 6.07) is 15.7. The third-order valence-electron chi connectivity index (χ3n) is 7.27. The molecule has 0 aromatic heterocycles. The van der Waals surface area contributed by atoms with Crippen LogP contribution in [0.2, 0.25) is 0 Å². The van der Waals surface area contributed by atoms with Crippen molar-refractivity contribution in [2.45, 2.75) is 38.2 Å². The highest BCUT2D eigenvalue weighted by molar-refractivity contribution is 5.84. The molecular weight excluding hydrogens is 472 g/mol. The molecule has 0 saturated carbocycles. The molecule has 0 saturated heterocycles. The van der Waals surface area contributed by atoms with Crippen LogP contribution in [0.5, 0.6) is 5.75 Å². The minimum atomic E-state index is -0.542.